The fraction of sp³-hybridized carbons (Fsp3) is 0.250. The fourth-order valence-corrected chi connectivity index (χ4v) is 1.13. The van der Waals surface area contributed by atoms with Crippen molar-refractivity contribution in [3.63, 3.8) is 0 Å². The molecule has 2 aliphatic carbocycles. The van der Waals surface area contributed by atoms with Crippen molar-refractivity contribution in [3.8, 4) is 11.1 Å². The highest BCUT2D eigenvalue weighted by atomic mass is 16.4. The van der Waals surface area contributed by atoms with Gasteiger partial charge < -0.3 is 14.9 Å². The van der Waals surface area contributed by atoms with Gasteiger partial charge in [0, 0.05) is 25.3 Å². The number of fused-ring (bicyclic) bond motifs is 1. The van der Waals surface area contributed by atoms with Crippen LogP contribution >= 0.6 is 0 Å². The molecule has 3 nitrogen and oxygen atoms in total. The van der Waals surface area contributed by atoms with Crippen molar-refractivity contribution < 1.29 is 10.0 Å². The molecule has 0 unspecified atom stereocenters. The second kappa shape index (κ2) is 3.60. The summed E-state index contributed by atoms with van der Waals surface area (Å²) in [4.78, 5) is 2.14. The van der Waals surface area contributed by atoms with Crippen molar-refractivity contribution in [2.24, 2.45) is 0 Å². The quantitative estimate of drug-likeness (QED) is 0.583. The first-order valence-electron chi connectivity index (χ1n) is 3.74. The van der Waals surface area contributed by atoms with E-state index in [0.29, 0.717) is 0 Å². The van der Waals surface area contributed by atoms with E-state index in [1.165, 1.54) is 16.8 Å². The molecule has 0 saturated carbocycles. The smallest absolute Gasteiger partial charge is 0.430 e. The third-order valence-corrected chi connectivity index (χ3v) is 1.71. The Morgan fingerprint density at radius 2 is 1.83 bits per heavy atom. The number of benzene rings is 1. The summed E-state index contributed by atoms with van der Waals surface area (Å²) >= 11 is 0. The van der Waals surface area contributed by atoms with E-state index in [0.717, 1.165) is 0 Å². The Hall–Kier alpha value is -0.995. The Kier molecular flexibility index (Phi) is 2.73. The highest BCUT2D eigenvalue weighted by molar-refractivity contribution is 6.13. The second-order valence-electron chi connectivity index (χ2n) is 2.77. The average molecular weight is 165 g/mol. The van der Waals surface area contributed by atoms with Crippen molar-refractivity contribution >= 4 is 13.4 Å². The third kappa shape index (κ3) is 1.78. The molecule has 4 heteroatoms. The Balaban J connectivity index is 0.000000213. The molecule has 0 heterocycles. The van der Waals surface area contributed by atoms with E-state index in [2.05, 4.69) is 37.2 Å². The van der Waals surface area contributed by atoms with Crippen LogP contribution in [-0.4, -0.2) is 31.8 Å². The van der Waals surface area contributed by atoms with Crippen LogP contribution in [0.15, 0.2) is 18.2 Å². The van der Waals surface area contributed by atoms with Gasteiger partial charge in [0.1, 0.15) is 0 Å². The summed E-state index contributed by atoms with van der Waals surface area (Å²) in [6.07, 6.45) is 0. The number of nitrogens with zero attached hydrogens (tertiary/aromatic N) is 1. The van der Waals surface area contributed by atoms with Gasteiger partial charge in [0.25, 0.3) is 0 Å². The molecular weight excluding hydrogens is 153 g/mol. The summed E-state index contributed by atoms with van der Waals surface area (Å²) in [5.41, 5.74) is 4.20. The van der Waals surface area contributed by atoms with E-state index in [-0.39, 0.29) is 0 Å². The zero-order valence-electron chi connectivity index (χ0n) is 7.28. The van der Waals surface area contributed by atoms with Crippen LogP contribution in [0.1, 0.15) is 0 Å². The van der Waals surface area contributed by atoms with Gasteiger partial charge in [-0.2, -0.15) is 0 Å². The Morgan fingerprint density at radius 1 is 1.25 bits per heavy atom. The lowest BCUT2D eigenvalue weighted by Crippen LogP contribution is -2.06. The number of hydrogen-bond donors (Lipinski definition) is 2. The van der Waals surface area contributed by atoms with Crippen LogP contribution in [0.3, 0.4) is 0 Å². The highest BCUT2D eigenvalue weighted by Crippen LogP contribution is 2.42. The van der Waals surface area contributed by atoms with Crippen LogP contribution in [0.2, 0.25) is 0 Å². The van der Waals surface area contributed by atoms with E-state index in [4.69, 9.17) is 10.0 Å². The first-order valence-corrected chi connectivity index (χ1v) is 3.74. The van der Waals surface area contributed by atoms with Gasteiger partial charge in [0.15, 0.2) is 0 Å². The minimum Gasteiger partial charge on any atom is -0.430 e. The first-order chi connectivity index (χ1) is 5.70. The fourth-order valence-electron chi connectivity index (χ4n) is 1.13. The maximum absolute atomic E-state index is 7.12. The van der Waals surface area contributed by atoms with Gasteiger partial charge in [-0.15, -0.1) is 0 Å². The van der Waals surface area contributed by atoms with Gasteiger partial charge in [-0.1, -0.05) is 6.07 Å². The predicted octanol–water partition coefficient (Wildman–Crippen LogP) is -0.0295. The van der Waals surface area contributed by atoms with Gasteiger partial charge in [0.2, 0.25) is 0 Å². The molecule has 2 N–H and O–H groups in total. The second-order valence-corrected chi connectivity index (χ2v) is 2.77. The molecule has 0 aromatic rings. The molecule has 0 radical (unpaired) electrons. The molecule has 0 fully saturated rings. The van der Waals surface area contributed by atoms with E-state index in [1.54, 1.807) is 0 Å². The molecule has 2 rings (SSSR count). The lowest BCUT2D eigenvalue weighted by Gasteiger charge is -2.08. The van der Waals surface area contributed by atoms with Gasteiger partial charge in [-0.05, 0) is 17.7 Å². The van der Waals surface area contributed by atoms with E-state index < -0.39 is 7.69 Å². The molecule has 0 aromatic heterocycles. The first kappa shape index (κ1) is 9.10. The molecule has 0 aliphatic heterocycles. The molecule has 0 aromatic carbocycles. The summed E-state index contributed by atoms with van der Waals surface area (Å²) in [5.74, 6) is 0. The molecule has 0 amide bonds. The Morgan fingerprint density at radius 3 is 2.00 bits per heavy atom. The zero-order chi connectivity index (χ0) is 9.14. The lowest BCUT2D eigenvalue weighted by molar-refractivity contribution is 0.448. The van der Waals surface area contributed by atoms with Gasteiger partial charge >= 0.3 is 7.69 Å². The summed E-state index contributed by atoms with van der Waals surface area (Å²) in [6, 6.07) is 6.52. The Bertz CT molecular complexity index is 276. The Labute approximate surface area is 72.6 Å². The molecule has 64 valence electrons. The molecular formula is C8H12BNO2. The van der Waals surface area contributed by atoms with Crippen molar-refractivity contribution in [1.82, 2.24) is 0 Å². The van der Waals surface area contributed by atoms with E-state index in [1.807, 2.05) is 0 Å². The van der Waals surface area contributed by atoms with Crippen molar-refractivity contribution in [2.75, 3.05) is 19.0 Å². The molecule has 12 heavy (non-hydrogen) atoms. The number of anilines is 1. The SMILES string of the molecule is CN(C)c1ccc2cc1-2.OBO. The zero-order valence-corrected chi connectivity index (χ0v) is 7.28. The maximum atomic E-state index is 7.12. The normalized spacial score (nSPS) is 9.67. The summed E-state index contributed by atoms with van der Waals surface area (Å²) in [6.45, 7) is 0. The highest BCUT2D eigenvalue weighted by Gasteiger charge is 2.17. The van der Waals surface area contributed by atoms with E-state index >= 15 is 0 Å². The van der Waals surface area contributed by atoms with Crippen LogP contribution in [-0.2, 0) is 0 Å². The average Bonchev–Trinajstić information content (AvgIpc) is 2.63. The summed E-state index contributed by atoms with van der Waals surface area (Å²) < 4.78 is 0. The topological polar surface area (TPSA) is 43.7 Å². The van der Waals surface area contributed by atoms with Crippen molar-refractivity contribution in [3.05, 3.63) is 18.2 Å². The molecule has 0 atom stereocenters. The van der Waals surface area contributed by atoms with Crippen LogP contribution < -0.4 is 4.90 Å². The van der Waals surface area contributed by atoms with Crippen LogP contribution in [0.5, 0.6) is 0 Å². The van der Waals surface area contributed by atoms with Gasteiger partial charge in [-0.3, -0.25) is 0 Å². The van der Waals surface area contributed by atoms with Crippen molar-refractivity contribution in [2.45, 2.75) is 0 Å². The molecule has 0 bridgehead atoms. The monoisotopic (exact) mass is 165 g/mol. The lowest BCUT2D eigenvalue weighted by atomic mass is 10.4. The largest absolute Gasteiger partial charge is 0.432 e. The predicted molar refractivity (Wildman–Crippen MR) is 51.3 cm³/mol. The molecule has 2 aliphatic rings. The minimum absolute atomic E-state index is 0.750. The van der Waals surface area contributed by atoms with Crippen LogP contribution in [0.4, 0.5) is 5.69 Å². The van der Waals surface area contributed by atoms with Crippen LogP contribution in [0, 0.1) is 0 Å². The minimum atomic E-state index is -0.750. The summed E-state index contributed by atoms with van der Waals surface area (Å²) in [7, 11) is 3.39. The van der Waals surface area contributed by atoms with Crippen molar-refractivity contribution in [1.29, 1.82) is 0 Å². The number of hydrogen-bond acceptors (Lipinski definition) is 3. The summed E-state index contributed by atoms with van der Waals surface area (Å²) in [5, 5.41) is 14.2. The maximum Gasteiger partial charge on any atom is 0.432 e. The van der Waals surface area contributed by atoms with Gasteiger partial charge in [0.05, 0.1) is 0 Å². The van der Waals surface area contributed by atoms with Gasteiger partial charge in [-0.25, -0.2) is 0 Å². The third-order valence-electron chi connectivity index (χ3n) is 1.71. The van der Waals surface area contributed by atoms with Crippen LogP contribution in [0.25, 0.3) is 11.1 Å². The standard InChI is InChI=1S/C8H9N.BH3O2/c1-9(2)8-4-3-6-5-7(6)8;2-1-3/h3-5H,1-2H3;1-3H. The molecule has 0 spiro atoms. The molecule has 0 saturated heterocycles. The number of rotatable bonds is 1. The van der Waals surface area contributed by atoms with E-state index in [9.17, 15) is 0 Å².